The van der Waals surface area contributed by atoms with Gasteiger partial charge >= 0.3 is 6.03 Å². The first kappa shape index (κ1) is 18.5. The molecule has 0 saturated heterocycles. The van der Waals surface area contributed by atoms with Crippen LogP contribution in [0.5, 0.6) is 0 Å². The summed E-state index contributed by atoms with van der Waals surface area (Å²) in [5.41, 5.74) is 1.39. The lowest BCUT2D eigenvalue weighted by Gasteiger charge is -2.10. The maximum absolute atomic E-state index is 11.8. The minimum Gasteiger partial charge on any atom is -0.338 e. The van der Waals surface area contributed by atoms with Crippen LogP contribution in [0.2, 0.25) is 0 Å². The zero-order chi connectivity index (χ0) is 18.1. The van der Waals surface area contributed by atoms with Gasteiger partial charge in [0.25, 0.3) is 0 Å². The van der Waals surface area contributed by atoms with E-state index < -0.39 is 0 Å². The molecule has 0 spiro atoms. The standard InChI is InChI=1S/C18H25N5O2/c1-14(2)12-17(24)21-15-4-6-16(7-5-15)22-18(25)20-8-3-10-23-11-9-19-13-23/h4-7,9,11,13-14H,3,8,10,12H2,1-2H3,(H,21,24)(H2,20,22,25). The first-order chi connectivity index (χ1) is 12.0. The normalized spacial score (nSPS) is 10.5. The van der Waals surface area contributed by atoms with Gasteiger partial charge in [0.05, 0.1) is 6.33 Å². The van der Waals surface area contributed by atoms with Crippen molar-refractivity contribution in [3.05, 3.63) is 43.0 Å². The van der Waals surface area contributed by atoms with Crippen LogP contribution >= 0.6 is 0 Å². The molecule has 0 radical (unpaired) electrons. The number of urea groups is 1. The molecule has 3 amide bonds. The summed E-state index contributed by atoms with van der Waals surface area (Å²) < 4.78 is 1.96. The Balaban J connectivity index is 1.69. The minimum atomic E-state index is -0.248. The lowest BCUT2D eigenvalue weighted by Crippen LogP contribution is -2.30. The molecule has 1 aromatic carbocycles. The fraction of sp³-hybridized carbons (Fsp3) is 0.389. The van der Waals surface area contributed by atoms with Crippen LogP contribution in [0, 0.1) is 5.92 Å². The van der Waals surface area contributed by atoms with Crippen LogP contribution in [0.25, 0.3) is 0 Å². The summed E-state index contributed by atoms with van der Waals surface area (Å²) in [6.45, 7) is 5.39. The summed E-state index contributed by atoms with van der Waals surface area (Å²) in [6, 6.07) is 6.81. The molecular formula is C18H25N5O2. The molecule has 0 aliphatic carbocycles. The number of nitrogens with zero attached hydrogens (tertiary/aromatic N) is 2. The van der Waals surface area contributed by atoms with Gasteiger partial charge < -0.3 is 20.5 Å². The molecule has 2 aromatic rings. The van der Waals surface area contributed by atoms with Crippen molar-refractivity contribution in [3.8, 4) is 0 Å². The van der Waals surface area contributed by atoms with Crippen LogP contribution in [-0.2, 0) is 11.3 Å². The molecule has 7 nitrogen and oxygen atoms in total. The fourth-order valence-corrected chi connectivity index (χ4v) is 2.28. The lowest BCUT2D eigenvalue weighted by molar-refractivity contribution is -0.116. The molecule has 0 saturated carbocycles. The summed E-state index contributed by atoms with van der Waals surface area (Å²) in [7, 11) is 0. The third kappa shape index (κ3) is 7.07. The highest BCUT2D eigenvalue weighted by Gasteiger charge is 2.06. The summed E-state index contributed by atoms with van der Waals surface area (Å²) in [6.07, 6.45) is 6.68. The second-order valence-corrected chi connectivity index (χ2v) is 6.26. The summed E-state index contributed by atoms with van der Waals surface area (Å²) in [4.78, 5) is 27.5. The molecule has 0 fully saturated rings. The van der Waals surface area contributed by atoms with E-state index in [0.717, 1.165) is 18.7 Å². The van der Waals surface area contributed by atoms with E-state index in [1.54, 1.807) is 36.8 Å². The quantitative estimate of drug-likeness (QED) is 0.644. The first-order valence-electron chi connectivity index (χ1n) is 8.43. The molecule has 0 atom stereocenters. The smallest absolute Gasteiger partial charge is 0.319 e. The van der Waals surface area contributed by atoms with Gasteiger partial charge in [-0.1, -0.05) is 13.8 Å². The Morgan fingerprint density at radius 1 is 1.12 bits per heavy atom. The van der Waals surface area contributed by atoms with E-state index in [-0.39, 0.29) is 11.9 Å². The van der Waals surface area contributed by atoms with E-state index in [9.17, 15) is 9.59 Å². The average Bonchev–Trinajstić information content (AvgIpc) is 3.06. The minimum absolute atomic E-state index is 0.00801. The number of benzene rings is 1. The average molecular weight is 343 g/mol. The Kier molecular flexibility index (Phi) is 7.00. The molecule has 7 heteroatoms. The predicted molar refractivity (Wildman–Crippen MR) is 98.4 cm³/mol. The number of hydrogen-bond acceptors (Lipinski definition) is 3. The Morgan fingerprint density at radius 3 is 2.40 bits per heavy atom. The van der Waals surface area contributed by atoms with Gasteiger partial charge in [-0.3, -0.25) is 4.79 Å². The van der Waals surface area contributed by atoms with Gasteiger partial charge in [0.2, 0.25) is 5.91 Å². The Bertz CT molecular complexity index is 665. The maximum Gasteiger partial charge on any atom is 0.319 e. The van der Waals surface area contributed by atoms with Crippen molar-refractivity contribution in [1.82, 2.24) is 14.9 Å². The summed E-state index contributed by atoms with van der Waals surface area (Å²) in [5, 5.41) is 8.41. The molecule has 0 unspecified atom stereocenters. The number of hydrogen-bond donors (Lipinski definition) is 3. The number of carbonyl (C=O) groups excluding carboxylic acids is 2. The molecule has 134 valence electrons. The van der Waals surface area contributed by atoms with E-state index in [4.69, 9.17) is 0 Å². The van der Waals surface area contributed by atoms with E-state index in [0.29, 0.717) is 24.6 Å². The molecule has 2 rings (SSSR count). The Hall–Kier alpha value is -2.83. The van der Waals surface area contributed by atoms with E-state index in [2.05, 4.69) is 20.9 Å². The third-order valence-electron chi connectivity index (χ3n) is 3.46. The molecule has 1 aromatic heterocycles. The van der Waals surface area contributed by atoms with Gasteiger partial charge in [0.1, 0.15) is 0 Å². The van der Waals surface area contributed by atoms with Gasteiger partial charge in [-0.2, -0.15) is 0 Å². The number of nitrogens with one attached hydrogen (secondary N) is 3. The predicted octanol–water partition coefficient (Wildman–Crippen LogP) is 3.08. The van der Waals surface area contributed by atoms with Crippen LogP contribution in [0.15, 0.2) is 43.0 Å². The van der Waals surface area contributed by atoms with Crippen molar-refractivity contribution in [2.45, 2.75) is 33.2 Å². The third-order valence-corrected chi connectivity index (χ3v) is 3.46. The zero-order valence-electron chi connectivity index (χ0n) is 14.7. The second-order valence-electron chi connectivity index (χ2n) is 6.26. The topological polar surface area (TPSA) is 88.0 Å². The number of aryl methyl sites for hydroxylation is 1. The van der Waals surface area contributed by atoms with Crippen molar-refractivity contribution in [1.29, 1.82) is 0 Å². The van der Waals surface area contributed by atoms with Crippen molar-refractivity contribution in [2.24, 2.45) is 5.92 Å². The van der Waals surface area contributed by atoms with Gasteiger partial charge in [-0.05, 0) is 36.6 Å². The summed E-state index contributed by atoms with van der Waals surface area (Å²) >= 11 is 0. The van der Waals surface area contributed by atoms with Gasteiger partial charge in [-0.15, -0.1) is 0 Å². The molecule has 0 aliphatic heterocycles. The van der Waals surface area contributed by atoms with E-state index >= 15 is 0 Å². The molecule has 1 heterocycles. The van der Waals surface area contributed by atoms with Crippen molar-refractivity contribution < 1.29 is 9.59 Å². The molecule has 25 heavy (non-hydrogen) atoms. The van der Waals surface area contributed by atoms with Crippen molar-refractivity contribution in [2.75, 3.05) is 17.2 Å². The highest BCUT2D eigenvalue weighted by atomic mass is 16.2. The number of imidazole rings is 1. The van der Waals surface area contributed by atoms with Crippen molar-refractivity contribution >= 4 is 23.3 Å². The number of carbonyl (C=O) groups is 2. The Morgan fingerprint density at radius 2 is 1.80 bits per heavy atom. The van der Waals surface area contributed by atoms with Crippen molar-refractivity contribution in [3.63, 3.8) is 0 Å². The van der Waals surface area contributed by atoms with Crippen LogP contribution in [-0.4, -0.2) is 28.0 Å². The highest BCUT2D eigenvalue weighted by Crippen LogP contribution is 2.14. The van der Waals surface area contributed by atoms with E-state index in [1.807, 2.05) is 24.6 Å². The summed E-state index contributed by atoms with van der Waals surface area (Å²) in [5.74, 6) is 0.310. The zero-order valence-corrected chi connectivity index (χ0v) is 14.7. The molecule has 3 N–H and O–H groups in total. The number of aromatic nitrogens is 2. The SMILES string of the molecule is CC(C)CC(=O)Nc1ccc(NC(=O)NCCCn2ccnc2)cc1. The number of anilines is 2. The monoisotopic (exact) mass is 343 g/mol. The fourth-order valence-electron chi connectivity index (χ4n) is 2.28. The number of amides is 3. The largest absolute Gasteiger partial charge is 0.338 e. The second kappa shape index (κ2) is 9.46. The molecular weight excluding hydrogens is 318 g/mol. The first-order valence-corrected chi connectivity index (χ1v) is 8.43. The van der Waals surface area contributed by atoms with Crippen LogP contribution in [0.3, 0.4) is 0 Å². The maximum atomic E-state index is 11.8. The highest BCUT2D eigenvalue weighted by molar-refractivity contribution is 5.92. The van der Waals surface area contributed by atoms with Gasteiger partial charge in [0, 0.05) is 43.3 Å². The van der Waals surface area contributed by atoms with E-state index in [1.165, 1.54) is 0 Å². The Labute approximate surface area is 147 Å². The lowest BCUT2D eigenvalue weighted by atomic mass is 10.1. The van der Waals surface area contributed by atoms with Gasteiger partial charge in [-0.25, -0.2) is 9.78 Å². The van der Waals surface area contributed by atoms with Crippen LogP contribution < -0.4 is 16.0 Å². The number of rotatable bonds is 8. The van der Waals surface area contributed by atoms with Crippen LogP contribution in [0.1, 0.15) is 26.7 Å². The van der Waals surface area contributed by atoms with Gasteiger partial charge in [0.15, 0.2) is 0 Å². The molecule has 0 bridgehead atoms. The molecule has 0 aliphatic rings. The van der Waals surface area contributed by atoms with Crippen LogP contribution in [0.4, 0.5) is 16.2 Å².